The van der Waals surface area contributed by atoms with Crippen LogP contribution in [0.15, 0.2) is 30.3 Å². The molecule has 0 aromatic heterocycles. The van der Waals surface area contributed by atoms with Crippen molar-refractivity contribution in [1.29, 1.82) is 0 Å². The van der Waals surface area contributed by atoms with E-state index in [2.05, 4.69) is 11.8 Å². The molecular formula is C16H26N2O3S. The van der Waals surface area contributed by atoms with Gasteiger partial charge in [-0.2, -0.15) is 4.31 Å². The Kier molecular flexibility index (Phi) is 6.37. The second kappa shape index (κ2) is 8.06. The summed E-state index contributed by atoms with van der Waals surface area (Å²) in [5.74, 6) is 0.185. The largest absolute Gasteiger partial charge is 0.383 e. The fraction of sp³-hybridized carbons (Fsp3) is 0.625. The SMILES string of the molecule is COCC(C)N1CCN(S(=O)(=O)CCc2ccccc2)CC1. The monoisotopic (exact) mass is 326 g/mol. The summed E-state index contributed by atoms with van der Waals surface area (Å²) < 4.78 is 31.7. The Morgan fingerprint density at radius 1 is 1.14 bits per heavy atom. The third-order valence-corrected chi connectivity index (χ3v) is 6.06. The van der Waals surface area contributed by atoms with Gasteiger partial charge >= 0.3 is 0 Å². The Balaban J connectivity index is 1.84. The summed E-state index contributed by atoms with van der Waals surface area (Å²) in [4.78, 5) is 2.28. The minimum absolute atomic E-state index is 0.185. The molecule has 1 fully saturated rings. The number of hydrogen-bond donors (Lipinski definition) is 0. The van der Waals surface area contributed by atoms with Gasteiger partial charge in [-0.1, -0.05) is 30.3 Å². The maximum Gasteiger partial charge on any atom is 0.214 e. The van der Waals surface area contributed by atoms with Gasteiger partial charge in [-0.05, 0) is 18.9 Å². The van der Waals surface area contributed by atoms with Crippen molar-refractivity contribution < 1.29 is 13.2 Å². The molecule has 0 amide bonds. The van der Waals surface area contributed by atoms with Crippen LogP contribution in [0.1, 0.15) is 12.5 Å². The van der Waals surface area contributed by atoms with E-state index in [0.29, 0.717) is 32.2 Å². The van der Waals surface area contributed by atoms with Crippen molar-refractivity contribution in [3.63, 3.8) is 0 Å². The molecule has 1 aromatic rings. The molecule has 0 saturated carbocycles. The molecule has 1 aromatic carbocycles. The number of methoxy groups -OCH3 is 1. The van der Waals surface area contributed by atoms with Crippen LogP contribution in [-0.4, -0.2) is 69.3 Å². The molecule has 0 N–H and O–H groups in total. The first-order valence-corrected chi connectivity index (χ1v) is 9.38. The zero-order chi connectivity index (χ0) is 16.0. The Hall–Kier alpha value is -0.950. The second-order valence-electron chi connectivity index (χ2n) is 5.79. The van der Waals surface area contributed by atoms with Crippen LogP contribution < -0.4 is 0 Å². The van der Waals surface area contributed by atoms with Crippen LogP contribution in [0.3, 0.4) is 0 Å². The van der Waals surface area contributed by atoms with E-state index in [1.807, 2.05) is 30.3 Å². The number of aryl methyl sites for hydroxylation is 1. The molecule has 6 heteroatoms. The van der Waals surface area contributed by atoms with Crippen molar-refractivity contribution in [2.24, 2.45) is 0 Å². The average molecular weight is 326 g/mol. The van der Waals surface area contributed by atoms with E-state index in [0.717, 1.165) is 18.7 Å². The van der Waals surface area contributed by atoms with Crippen molar-refractivity contribution in [2.45, 2.75) is 19.4 Å². The van der Waals surface area contributed by atoms with Crippen LogP contribution in [0.25, 0.3) is 0 Å². The number of hydrogen-bond acceptors (Lipinski definition) is 4. The Morgan fingerprint density at radius 2 is 1.77 bits per heavy atom. The minimum Gasteiger partial charge on any atom is -0.383 e. The number of piperazine rings is 1. The molecule has 1 atom stereocenters. The first-order chi connectivity index (χ1) is 10.5. The Morgan fingerprint density at radius 3 is 2.36 bits per heavy atom. The summed E-state index contributed by atoms with van der Waals surface area (Å²) in [6.07, 6.45) is 0.573. The van der Waals surface area contributed by atoms with Gasteiger partial charge in [0.05, 0.1) is 12.4 Å². The molecule has 0 aliphatic carbocycles. The van der Waals surface area contributed by atoms with Gasteiger partial charge in [0.25, 0.3) is 0 Å². The van der Waals surface area contributed by atoms with E-state index in [1.54, 1.807) is 11.4 Å². The summed E-state index contributed by atoms with van der Waals surface area (Å²) in [5, 5.41) is 0. The quantitative estimate of drug-likeness (QED) is 0.756. The molecular weight excluding hydrogens is 300 g/mol. The van der Waals surface area contributed by atoms with E-state index in [-0.39, 0.29) is 5.75 Å². The van der Waals surface area contributed by atoms with Crippen LogP contribution in [-0.2, 0) is 21.2 Å². The van der Waals surface area contributed by atoms with Crippen molar-refractivity contribution in [3.05, 3.63) is 35.9 Å². The molecule has 0 radical (unpaired) electrons. The lowest BCUT2D eigenvalue weighted by Gasteiger charge is -2.37. The third-order valence-electron chi connectivity index (χ3n) is 4.19. The predicted octanol–water partition coefficient (Wildman–Crippen LogP) is 1.21. The lowest BCUT2D eigenvalue weighted by molar-refractivity contribution is 0.0766. The summed E-state index contributed by atoms with van der Waals surface area (Å²) in [7, 11) is -1.47. The topological polar surface area (TPSA) is 49.9 Å². The van der Waals surface area contributed by atoms with Gasteiger partial charge in [-0.25, -0.2) is 8.42 Å². The highest BCUT2D eigenvalue weighted by molar-refractivity contribution is 7.89. The fourth-order valence-electron chi connectivity index (χ4n) is 2.79. The maximum atomic E-state index is 12.4. The highest BCUT2D eigenvalue weighted by atomic mass is 32.2. The summed E-state index contributed by atoms with van der Waals surface area (Å²) in [6.45, 7) is 5.49. The fourth-order valence-corrected chi connectivity index (χ4v) is 4.26. The molecule has 1 heterocycles. The van der Waals surface area contributed by atoms with Gasteiger partial charge in [0.1, 0.15) is 0 Å². The van der Waals surface area contributed by atoms with Gasteiger partial charge in [0.2, 0.25) is 10.0 Å². The highest BCUT2D eigenvalue weighted by Gasteiger charge is 2.28. The highest BCUT2D eigenvalue weighted by Crippen LogP contribution is 2.12. The van der Waals surface area contributed by atoms with Gasteiger partial charge < -0.3 is 4.74 Å². The normalized spacial score (nSPS) is 19.2. The lowest BCUT2D eigenvalue weighted by Crippen LogP contribution is -2.52. The molecule has 22 heavy (non-hydrogen) atoms. The molecule has 2 rings (SSSR count). The van der Waals surface area contributed by atoms with Gasteiger partial charge in [-0.15, -0.1) is 0 Å². The third kappa shape index (κ3) is 4.78. The maximum absolute atomic E-state index is 12.4. The van der Waals surface area contributed by atoms with Crippen molar-refractivity contribution in [3.8, 4) is 0 Å². The van der Waals surface area contributed by atoms with Crippen LogP contribution in [0.2, 0.25) is 0 Å². The standard InChI is InChI=1S/C16H26N2O3S/c1-15(14-21-2)17-9-11-18(12-10-17)22(19,20)13-8-16-6-4-3-5-7-16/h3-7,15H,8-14H2,1-2H3. The zero-order valence-corrected chi connectivity index (χ0v) is 14.3. The first-order valence-electron chi connectivity index (χ1n) is 7.77. The van der Waals surface area contributed by atoms with Crippen LogP contribution in [0.5, 0.6) is 0 Å². The van der Waals surface area contributed by atoms with Crippen molar-refractivity contribution >= 4 is 10.0 Å². The van der Waals surface area contributed by atoms with E-state index >= 15 is 0 Å². The molecule has 1 aliphatic heterocycles. The van der Waals surface area contributed by atoms with Crippen molar-refractivity contribution in [1.82, 2.24) is 9.21 Å². The van der Waals surface area contributed by atoms with Crippen molar-refractivity contribution in [2.75, 3.05) is 45.6 Å². The Bertz CT molecular complexity index is 540. The zero-order valence-electron chi connectivity index (χ0n) is 13.4. The molecule has 0 spiro atoms. The van der Waals surface area contributed by atoms with Crippen LogP contribution in [0.4, 0.5) is 0 Å². The summed E-state index contributed by atoms with van der Waals surface area (Å²) in [5.41, 5.74) is 1.07. The van der Waals surface area contributed by atoms with Gasteiger partial charge in [-0.3, -0.25) is 4.90 Å². The second-order valence-corrected chi connectivity index (χ2v) is 7.88. The number of rotatable bonds is 7. The number of nitrogens with zero attached hydrogens (tertiary/aromatic N) is 2. The molecule has 5 nitrogen and oxygen atoms in total. The van der Waals surface area contributed by atoms with Crippen LogP contribution >= 0.6 is 0 Å². The predicted molar refractivity (Wildman–Crippen MR) is 88.4 cm³/mol. The Labute approximate surface area is 133 Å². The molecule has 1 aliphatic rings. The average Bonchev–Trinajstić information content (AvgIpc) is 2.54. The van der Waals surface area contributed by atoms with Gasteiger partial charge in [0, 0.05) is 39.3 Å². The van der Waals surface area contributed by atoms with E-state index in [4.69, 9.17) is 4.74 Å². The summed E-state index contributed by atoms with van der Waals surface area (Å²) in [6, 6.07) is 10.1. The molecule has 1 saturated heterocycles. The lowest BCUT2D eigenvalue weighted by atomic mass is 10.2. The summed E-state index contributed by atoms with van der Waals surface area (Å²) >= 11 is 0. The molecule has 1 unspecified atom stereocenters. The molecule has 0 bridgehead atoms. The van der Waals surface area contributed by atoms with Gasteiger partial charge in [0.15, 0.2) is 0 Å². The van der Waals surface area contributed by atoms with E-state index in [1.165, 1.54) is 0 Å². The minimum atomic E-state index is -3.17. The molecule has 124 valence electrons. The smallest absolute Gasteiger partial charge is 0.214 e. The van der Waals surface area contributed by atoms with E-state index < -0.39 is 10.0 Å². The first kappa shape index (κ1) is 17.4. The number of ether oxygens (including phenoxy) is 1. The van der Waals surface area contributed by atoms with Crippen LogP contribution in [0, 0.1) is 0 Å². The van der Waals surface area contributed by atoms with E-state index in [9.17, 15) is 8.42 Å². The number of sulfonamides is 1. The number of benzene rings is 1.